The van der Waals surface area contributed by atoms with Crippen LogP contribution < -0.4 is 8.61 Å². The largest absolute Gasteiger partial charge is 0.415 e. The molecular weight excluding hydrogens is 843 g/mol. The van der Waals surface area contributed by atoms with E-state index in [4.69, 9.17) is 8.83 Å². The number of sulfonamides is 2. The lowest BCUT2D eigenvalue weighted by Crippen LogP contribution is -2.40. The number of likely N-dealkylation sites (tertiary alicyclic amines) is 1. The van der Waals surface area contributed by atoms with Crippen LogP contribution in [0.3, 0.4) is 0 Å². The molecule has 4 aromatic carbocycles. The first-order chi connectivity index (χ1) is 29.3. The highest BCUT2D eigenvalue weighted by Crippen LogP contribution is 2.28. The van der Waals surface area contributed by atoms with Gasteiger partial charge in [0.1, 0.15) is 0 Å². The van der Waals surface area contributed by atoms with Crippen LogP contribution in [0.2, 0.25) is 0 Å². The van der Waals surface area contributed by atoms with Crippen LogP contribution in [0.4, 0.5) is 28.9 Å². The average Bonchev–Trinajstić information content (AvgIpc) is 4.08. The molecule has 0 saturated carbocycles. The van der Waals surface area contributed by atoms with E-state index in [1.165, 1.54) is 8.61 Å². The number of nitrogens with zero attached hydrogens (tertiary/aromatic N) is 7. The molecule has 0 amide bonds. The minimum absolute atomic E-state index is 0.00297. The van der Waals surface area contributed by atoms with Crippen molar-refractivity contribution >= 4 is 31.4 Å². The third kappa shape index (κ3) is 11.5. The molecule has 20 heteroatoms. The van der Waals surface area contributed by atoms with E-state index in [1.54, 1.807) is 103 Å². The number of hydrogen-bond donors (Lipinski definition) is 1. The van der Waals surface area contributed by atoms with Crippen LogP contribution in [0.25, 0.3) is 22.9 Å². The van der Waals surface area contributed by atoms with Gasteiger partial charge in [-0.1, -0.05) is 67.2 Å². The van der Waals surface area contributed by atoms with Crippen LogP contribution in [0.15, 0.2) is 130 Å². The highest BCUT2D eigenvalue weighted by molar-refractivity contribution is 7.95. The standard InChI is InChI=1S/C23H26F2N4O4S.C18H15F2N3O3S/c24-21(25)23-27-26-22(33-23)18-10-8-17(9-11-18)15-29(19-5-2-1-3-6-19)34(31,32)14-13-28-12-4-7-20(28)16-30;1-2-27(24,25)23(15-6-4-3-5-7-15)12-13-8-10-14(11-9-13)17-21-22-18(26-17)16(19)20/h1-3,5-6,8-11,20-21,30H,4,7,12-16H2;2-11,16H,1,12H2/t20-;/m0./s1. The number of aliphatic hydroxyl groups excluding tert-OH is 1. The van der Waals surface area contributed by atoms with Crippen molar-refractivity contribution in [1.82, 2.24) is 25.3 Å². The lowest BCUT2D eigenvalue weighted by Gasteiger charge is -2.27. The van der Waals surface area contributed by atoms with Crippen molar-refractivity contribution in [1.29, 1.82) is 0 Å². The molecule has 1 N–H and O–H groups in total. The van der Waals surface area contributed by atoms with Gasteiger partial charge in [-0.15, -0.1) is 20.4 Å². The van der Waals surface area contributed by atoms with Crippen molar-refractivity contribution in [2.75, 3.05) is 34.1 Å². The Hall–Kier alpha value is -5.96. The van der Waals surface area contributed by atoms with E-state index in [1.807, 2.05) is 11.0 Å². The number of alkyl halides is 4. The first-order valence-corrected chi connectivity index (χ1v) is 21.9. The van der Waals surface area contributed by atoms with Gasteiger partial charge in [0, 0.05) is 29.1 Å². The van der Waals surface area contributed by atoms with Crippen LogP contribution >= 0.6 is 0 Å². The van der Waals surface area contributed by atoms with Gasteiger partial charge in [-0.2, -0.15) is 17.6 Å². The van der Waals surface area contributed by atoms with Gasteiger partial charge in [-0.05, 0) is 79.0 Å². The zero-order chi connectivity index (χ0) is 43.6. The predicted octanol–water partition coefficient (Wildman–Crippen LogP) is 7.62. The topological polar surface area (TPSA) is 176 Å². The van der Waals surface area contributed by atoms with Crippen molar-refractivity contribution in [2.24, 2.45) is 0 Å². The van der Waals surface area contributed by atoms with Crippen molar-refractivity contribution in [3.63, 3.8) is 0 Å². The highest BCUT2D eigenvalue weighted by Gasteiger charge is 2.29. The van der Waals surface area contributed by atoms with Crippen molar-refractivity contribution in [2.45, 2.75) is 44.8 Å². The van der Waals surface area contributed by atoms with Gasteiger partial charge in [0.15, 0.2) is 0 Å². The number of halogens is 4. The fraction of sp³-hybridized carbons (Fsp3) is 0.268. The minimum atomic E-state index is -3.71. The van der Waals surface area contributed by atoms with E-state index in [0.29, 0.717) is 40.2 Å². The minimum Gasteiger partial charge on any atom is -0.415 e. The molecule has 0 unspecified atom stereocenters. The van der Waals surface area contributed by atoms with Gasteiger partial charge in [-0.3, -0.25) is 13.5 Å². The van der Waals surface area contributed by atoms with Crippen molar-refractivity contribution in [3.05, 3.63) is 144 Å². The Balaban J connectivity index is 0.000000210. The molecule has 1 aliphatic heterocycles. The number of benzene rings is 4. The SMILES string of the molecule is C=CS(=O)(=O)N(Cc1ccc(-c2nnc(C(F)F)o2)cc1)c1ccccc1.O=S(=O)(CCN1CCC[C@H]1CO)N(Cc1ccc(-c2nnc(C(F)F)o2)cc1)c1ccccc1. The van der Waals surface area contributed by atoms with Crippen LogP contribution in [0.5, 0.6) is 0 Å². The molecular formula is C41H41F4N7O7S2. The van der Waals surface area contributed by atoms with E-state index in [2.05, 4.69) is 27.0 Å². The predicted molar refractivity (Wildman–Crippen MR) is 219 cm³/mol. The van der Waals surface area contributed by atoms with Crippen LogP contribution in [0.1, 0.15) is 48.6 Å². The molecule has 61 heavy (non-hydrogen) atoms. The lowest BCUT2D eigenvalue weighted by atomic mass is 10.1. The normalized spacial score (nSPS) is 14.5. The number of rotatable bonds is 17. The van der Waals surface area contributed by atoms with E-state index >= 15 is 0 Å². The number of aromatic nitrogens is 4. The molecule has 0 bridgehead atoms. The summed E-state index contributed by atoms with van der Waals surface area (Å²) in [6.07, 6.45) is -3.88. The van der Waals surface area contributed by atoms with Gasteiger partial charge < -0.3 is 13.9 Å². The van der Waals surface area contributed by atoms with Gasteiger partial charge >= 0.3 is 12.9 Å². The second-order valence-corrected chi connectivity index (χ2v) is 17.4. The molecule has 1 saturated heterocycles. The highest BCUT2D eigenvalue weighted by atomic mass is 32.2. The number of aliphatic hydroxyl groups is 1. The van der Waals surface area contributed by atoms with E-state index < -0.39 is 44.7 Å². The van der Waals surface area contributed by atoms with Crippen LogP contribution in [-0.4, -0.2) is 78.7 Å². The summed E-state index contributed by atoms with van der Waals surface area (Å²) in [7, 11) is -7.38. The Bertz CT molecular complexity index is 2550. The van der Waals surface area contributed by atoms with Crippen molar-refractivity contribution < 1.29 is 48.3 Å². The van der Waals surface area contributed by atoms with Crippen LogP contribution in [-0.2, 0) is 33.1 Å². The Labute approximate surface area is 349 Å². The molecule has 1 fully saturated rings. The molecule has 2 aromatic heterocycles. The van der Waals surface area contributed by atoms with Crippen molar-refractivity contribution in [3.8, 4) is 22.9 Å². The van der Waals surface area contributed by atoms with E-state index in [9.17, 15) is 39.5 Å². The lowest BCUT2D eigenvalue weighted by molar-refractivity contribution is 0.115. The average molecular weight is 884 g/mol. The molecule has 3 heterocycles. The van der Waals surface area contributed by atoms with Gasteiger partial charge in [0.2, 0.25) is 21.8 Å². The molecule has 322 valence electrons. The maximum atomic E-state index is 13.4. The second-order valence-electron chi connectivity index (χ2n) is 13.6. The van der Waals surface area contributed by atoms with Gasteiger partial charge in [0.05, 0.1) is 36.8 Å². The number of para-hydroxylation sites is 2. The maximum Gasteiger partial charge on any atom is 0.314 e. The summed E-state index contributed by atoms with van der Waals surface area (Å²) in [5.41, 5.74) is 3.35. The number of hydrogen-bond acceptors (Lipinski definition) is 12. The summed E-state index contributed by atoms with van der Waals surface area (Å²) in [6, 6.07) is 30.7. The zero-order valence-electron chi connectivity index (χ0n) is 32.4. The first-order valence-electron chi connectivity index (χ1n) is 18.8. The fourth-order valence-electron chi connectivity index (χ4n) is 6.41. The van der Waals surface area contributed by atoms with Gasteiger partial charge in [-0.25, -0.2) is 16.8 Å². The number of anilines is 2. The zero-order valence-corrected chi connectivity index (χ0v) is 34.1. The summed E-state index contributed by atoms with van der Waals surface area (Å²) in [5.74, 6) is -1.63. The fourth-order valence-corrected chi connectivity index (χ4v) is 8.81. The Kier molecular flexibility index (Phi) is 14.7. The Morgan fingerprint density at radius 2 is 1.16 bits per heavy atom. The summed E-state index contributed by atoms with van der Waals surface area (Å²) in [4.78, 5) is 2.02. The summed E-state index contributed by atoms with van der Waals surface area (Å²) in [6.45, 7) is 4.69. The third-order valence-electron chi connectivity index (χ3n) is 9.60. The smallest absolute Gasteiger partial charge is 0.314 e. The molecule has 0 radical (unpaired) electrons. The molecule has 0 aliphatic carbocycles. The monoisotopic (exact) mass is 883 g/mol. The summed E-state index contributed by atoms with van der Waals surface area (Å²) >= 11 is 0. The summed E-state index contributed by atoms with van der Waals surface area (Å²) in [5, 5.41) is 24.2. The van der Waals surface area contributed by atoms with Crippen LogP contribution in [0, 0.1) is 0 Å². The molecule has 7 rings (SSSR count). The summed E-state index contributed by atoms with van der Waals surface area (Å²) < 4.78 is 114. The molecule has 1 atom stereocenters. The molecule has 1 aliphatic rings. The van der Waals surface area contributed by atoms with Gasteiger partial charge in [0.25, 0.3) is 21.8 Å². The second kappa shape index (κ2) is 20.1. The Morgan fingerprint density at radius 1 is 0.705 bits per heavy atom. The van der Waals surface area contributed by atoms with E-state index in [0.717, 1.165) is 24.8 Å². The molecule has 6 aromatic rings. The third-order valence-corrected chi connectivity index (χ3v) is 12.7. The Morgan fingerprint density at radius 3 is 1.59 bits per heavy atom. The first kappa shape index (κ1) is 44.6. The van der Waals surface area contributed by atoms with E-state index in [-0.39, 0.29) is 43.3 Å². The molecule has 14 nitrogen and oxygen atoms in total. The molecule has 0 spiro atoms. The quantitative estimate of drug-likeness (QED) is 0.0889. The maximum absolute atomic E-state index is 13.4.